The van der Waals surface area contributed by atoms with Crippen molar-refractivity contribution in [1.29, 1.82) is 0 Å². The topological polar surface area (TPSA) is 3.24 Å². The third-order valence-electron chi connectivity index (χ3n) is 2.64. The van der Waals surface area contributed by atoms with Gasteiger partial charge in [0.2, 0.25) is 0 Å². The van der Waals surface area contributed by atoms with Crippen LogP contribution in [0, 0.1) is 0 Å². The average molecular weight is 273 g/mol. The van der Waals surface area contributed by atoms with E-state index in [1.54, 1.807) is 0 Å². The van der Waals surface area contributed by atoms with E-state index in [2.05, 4.69) is 43.3 Å². The van der Waals surface area contributed by atoms with Gasteiger partial charge in [-0.05, 0) is 30.5 Å². The fourth-order valence-electron chi connectivity index (χ4n) is 1.85. The largest absolute Gasteiger partial charge is 0.372 e. The van der Waals surface area contributed by atoms with Crippen molar-refractivity contribution < 1.29 is 4.39 Å². The molecule has 1 nitrogen and oxygen atoms in total. The zero-order valence-corrected chi connectivity index (χ0v) is 12.9. The van der Waals surface area contributed by atoms with Gasteiger partial charge in [0.25, 0.3) is 0 Å². The molecule has 0 radical (unpaired) electrons. The quantitative estimate of drug-likeness (QED) is 0.704. The Morgan fingerprint density at radius 2 is 1.76 bits per heavy atom. The Morgan fingerprint density at radius 3 is 2.24 bits per heavy atom. The summed E-state index contributed by atoms with van der Waals surface area (Å²) in [7, 11) is 4.43. The van der Waals surface area contributed by atoms with Crippen LogP contribution < -0.4 is 4.90 Å². The van der Waals surface area contributed by atoms with Crippen molar-refractivity contribution in [2.75, 3.05) is 18.0 Å². The van der Waals surface area contributed by atoms with E-state index < -0.39 is 5.15 Å². The van der Waals surface area contributed by atoms with E-state index in [-0.39, 0.29) is 0 Å². The number of rotatable bonds is 6. The molecule has 1 aromatic rings. The molecule has 0 fully saturated rings. The van der Waals surface area contributed by atoms with Gasteiger partial charge in [0.05, 0.1) is 0 Å². The van der Waals surface area contributed by atoms with E-state index in [9.17, 15) is 4.39 Å². The zero-order chi connectivity index (χ0) is 12.9. The van der Waals surface area contributed by atoms with Gasteiger partial charge in [-0.25, -0.2) is 4.39 Å². The summed E-state index contributed by atoms with van der Waals surface area (Å²) in [5, 5.41) is -1.43. The van der Waals surface area contributed by atoms with Gasteiger partial charge < -0.3 is 4.90 Å². The first-order valence-electron chi connectivity index (χ1n) is 6.11. The predicted molar refractivity (Wildman–Crippen MR) is 81.4 cm³/mol. The zero-order valence-electron chi connectivity index (χ0n) is 10.6. The van der Waals surface area contributed by atoms with Gasteiger partial charge in [0.1, 0.15) is 0 Å². The third kappa shape index (κ3) is 4.53. The van der Waals surface area contributed by atoms with Crippen LogP contribution in [0.1, 0.15) is 32.3 Å². The normalized spacial score (nSPS) is 11.6. The molecule has 96 valence electrons. The van der Waals surface area contributed by atoms with Crippen LogP contribution in [0.3, 0.4) is 0 Å². The third-order valence-corrected chi connectivity index (χ3v) is 3.31. The lowest BCUT2D eigenvalue weighted by molar-refractivity contribution is 0.423. The summed E-state index contributed by atoms with van der Waals surface area (Å²) in [4.78, 5) is 2.31. The van der Waals surface area contributed by atoms with Gasteiger partial charge in [-0.15, -0.1) is 0 Å². The average Bonchev–Trinajstić information content (AvgIpc) is 2.28. The Balaban J connectivity index is 2.95. The Labute approximate surface area is 109 Å². The van der Waals surface area contributed by atoms with E-state index in [1.165, 1.54) is 0 Å². The molecule has 0 aliphatic heterocycles. The number of halogens is 1. The number of benzene rings is 1. The fourth-order valence-corrected chi connectivity index (χ4v) is 2.21. The van der Waals surface area contributed by atoms with E-state index in [4.69, 9.17) is 0 Å². The van der Waals surface area contributed by atoms with Gasteiger partial charge in [0.15, 0.2) is 5.15 Å². The minimum atomic E-state index is -1.43. The lowest BCUT2D eigenvalue weighted by Crippen LogP contribution is -2.25. The summed E-state index contributed by atoms with van der Waals surface area (Å²) in [6.07, 6.45) is 2.21. The molecular weight excluding hydrogens is 251 g/mol. The molecule has 0 aliphatic rings. The van der Waals surface area contributed by atoms with Gasteiger partial charge in [-0.3, -0.25) is 0 Å². The molecule has 1 aromatic carbocycles. The van der Waals surface area contributed by atoms with Crippen molar-refractivity contribution in [2.45, 2.75) is 31.8 Å². The Bertz CT molecular complexity index is 344. The Hall–Kier alpha value is -0.190. The van der Waals surface area contributed by atoms with Gasteiger partial charge in [-0.2, -0.15) is 0 Å². The summed E-state index contributed by atoms with van der Waals surface area (Å²) < 4.78 is 13.8. The molecule has 0 bridgehead atoms. The van der Waals surface area contributed by atoms with Crippen LogP contribution in [0.25, 0.3) is 0 Å². The monoisotopic (exact) mass is 273 g/mol. The molecule has 0 heterocycles. The maximum absolute atomic E-state index is 13.8. The van der Waals surface area contributed by atoms with Crippen molar-refractivity contribution >= 4 is 24.2 Å². The molecule has 1 rings (SSSR count). The van der Waals surface area contributed by atoms with Crippen molar-refractivity contribution in [1.82, 2.24) is 0 Å². The van der Waals surface area contributed by atoms with Crippen molar-refractivity contribution in [3.8, 4) is 0 Å². The number of hydrogen-bond donors (Lipinski definition) is 0. The van der Waals surface area contributed by atoms with Crippen LogP contribution in [-0.4, -0.2) is 13.1 Å². The molecule has 0 aliphatic carbocycles. The number of anilines is 1. The maximum atomic E-state index is 13.8. The standard InChI is InChI=1S/C13H22FNP2/c1-3-8-15(9-4-2)12-7-5-6-11(10-12)13(14,16)17/h5-7,10H,3-4,8-9,16-17H2,1-2H3. The first kappa shape index (κ1) is 14.9. The first-order chi connectivity index (χ1) is 7.99. The van der Waals surface area contributed by atoms with Gasteiger partial charge in [-0.1, -0.05) is 44.5 Å². The lowest BCUT2D eigenvalue weighted by Gasteiger charge is -2.25. The van der Waals surface area contributed by atoms with Gasteiger partial charge >= 0.3 is 0 Å². The highest BCUT2D eigenvalue weighted by atomic mass is 31.1. The summed E-state index contributed by atoms with van der Waals surface area (Å²) in [6, 6.07) is 7.73. The number of nitrogens with zero attached hydrogens (tertiary/aromatic N) is 1. The second-order valence-electron chi connectivity index (χ2n) is 4.31. The second-order valence-corrected chi connectivity index (χ2v) is 6.65. The highest BCUT2D eigenvalue weighted by molar-refractivity contribution is 7.38. The smallest absolute Gasteiger partial charge is 0.160 e. The van der Waals surface area contributed by atoms with E-state index in [0.717, 1.165) is 31.6 Å². The summed E-state index contributed by atoms with van der Waals surface area (Å²) in [5.74, 6) is 0. The molecule has 0 amide bonds. The summed E-state index contributed by atoms with van der Waals surface area (Å²) >= 11 is 0. The Kier molecular flexibility index (Phi) is 5.83. The molecule has 0 saturated heterocycles. The van der Waals surface area contributed by atoms with Crippen LogP contribution in [-0.2, 0) is 5.15 Å². The summed E-state index contributed by atoms with van der Waals surface area (Å²) in [6.45, 7) is 6.36. The molecule has 2 unspecified atom stereocenters. The molecule has 0 spiro atoms. The van der Waals surface area contributed by atoms with E-state index in [1.807, 2.05) is 18.2 Å². The molecule has 0 aromatic heterocycles. The lowest BCUT2D eigenvalue weighted by atomic mass is 10.2. The second kappa shape index (κ2) is 6.66. The fraction of sp³-hybridized carbons (Fsp3) is 0.538. The molecule has 4 heteroatoms. The maximum Gasteiger partial charge on any atom is 0.160 e. The highest BCUT2D eigenvalue weighted by Crippen LogP contribution is 2.41. The number of hydrogen-bond acceptors (Lipinski definition) is 1. The van der Waals surface area contributed by atoms with Crippen LogP contribution in [0.5, 0.6) is 0 Å². The molecular formula is C13H22FNP2. The minimum absolute atomic E-state index is 0.683. The molecule has 0 saturated carbocycles. The minimum Gasteiger partial charge on any atom is -0.372 e. The van der Waals surface area contributed by atoms with Crippen LogP contribution in [0.4, 0.5) is 10.1 Å². The van der Waals surface area contributed by atoms with Crippen molar-refractivity contribution in [3.05, 3.63) is 29.8 Å². The summed E-state index contributed by atoms with van der Waals surface area (Å²) in [5.41, 5.74) is 1.79. The van der Waals surface area contributed by atoms with Crippen LogP contribution in [0.2, 0.25) is 0 Å². The van der Waals surface area contributed by atoms with Crippen LogP contribution >= 0.6 is 18.5 Å². The molecule has 2 atom stereocenters. The molecule has 17 heavy (non-hydrogen) atoms. The van der Waals surface area contributed by atoms with Crippen molar-refractivity contribution in [2.24, 2.45) is 0 Å². The van der Waals surface area contributed by atoms with E-state index >= 15 is 0 Å². The SMILES string of the molecule is CCCN(CCC)c1cccc(C(F)(P)P)c1. The predicted octanol–water partition coefficient (Wildman–Crippen LogP) is 4.14. The molecule has 0 N–H and O–H groups in total. The Morgan fingerprint density at radius 1 is 1.18 bits per heavy atom. The van der Waals surface area contributed by atoms with Crippen molar-refractivity contribution in [3.63, 3.8) is 0 Å². The highest BCUT2D eigenvalue weighted by Gasteiger charge is 2.19. The van der Waals surface area contributed by atoms with Crippen LogP contribution in [0.15, 0.2) is 24.3 Å². The number of alkyl halides is 1. The van der Waals surface area contributed by atoms with E-state index in [0.29, 0.717) is 5.56 Å². The first-order valence-corrected chi connectivity index (χ1v) is 7.26. The van der Waals surface area contributed by atoms with Gasteiger partial charge in [0, 0.05) is 18.8 Å².